The van der Waals surface area contributed by atoms with Gasteiger partial charge < -0.3 is 24.8 Å². The van der Waals surface area contributed by atoms with Crippen molar-refractivity contribution in [1.82, 2.24) is 14.9 Å². The molecule has 0 radical (unpaired) electrons. The molecule has 2 aromatic carbocycles. The first-order chi connectivity index (χ1) is 18.4. The number of aromatic nitrogens is 2. The summed E-state index contributed by atoms with van der Waals surface area (Å²) >= 11 is 0. The van der Waals surface area contributed by atoms with Gasteiger partial charge in [0.05, 0.1) is 19.6 Å². The average molecular weight is 515 g/mol. The Balaban J connectivity index is 1.17. The van der Waals surface area contributed by atoms with Gasteiger partial charge >= 0.3 is 0 Å². The van der Waals surface area contributed by atoms with E-state index in [1.165, 1.54) is 5.69 Å². The van der Waals surface area contributed by atoms with Gasteiger partial charge in [0.1, 0.15) is 5.82 Å². The fraction of sp³-hybridized carbons (Fsp3) is 0.379. The van der Waals surface area contributed by atoms with Crippen molar-refractivity contribution in [2.45, 2.75) is 20.3 Å². The van der Waals surface area contributed by atoms with Crippen LogP contribution < -0.4 is 15.1 Å². The molecule has 2 aliphatic heterocycles. The number of amides is 1. The van der Waals surface area contributed by atoms with Gasteiger partial charge in [-0.15, -0.1) is 0 Å². The van der Waals surface area contributed by atoms with Gasteiger partial charge in [-0.1, -0.05) is 24.3 Å². The Bertz CT molecular complexity index is 1260. The summed E-state index contributed by atoms with van der Waals surface area (Å²) in [5.41, 5.74) is 4.59. The number of hydrogen-bond donors (Lipinski definition) is 1. The minimum Gasteiger partial charge on any atom is -0.378 e. The number of piperazine rings is 1. The minimum absolute atomic E-state index is 0.0268. The Labute approximate surface area is 223 Å². The first kappa shape index (κ1) is 25.7. The molecule has 3 aromatic rings. The van der Waals surface area contributed by atoms with Gasteiger partial charge in [0.15, 0.2) is 5.78 Å². The van der Waals surface area contributed by atoms with Crippen molar-refractivity contribution < 1.29 is 14.3 Å². The van der Waals surface area contributed by atoms with Crippen LogP contribution in [0.3, 0.4) is 0 Å². The zero-order valence-electron chi connectivity index (χ0n) is 22.0. The number of rotatable bonds is 7. The van der Waals surface area contributed by atoms with Crippen LogP contribution >= 0.6 is 0 Å². The molecule has 2 saturated heterocycles. The lowest BCUT2D eigenvalue weighted by molar-refractivity contribution is -0.130. The van der Waals surface area contributed by atoms with Gasteiger partial charge in [-0.05, 0) is 43.7 Å². The van der Waals surface area contributed by atoms with Crippen molar-refractivity contribution in [2.75, 3.05) is 67.6 Å². The number of ether oxygens (including phenoxy) is 1. The van der Waals surface area contributed by atoms with Crippen LogP contribution in [0.15, 0.2) is 54.6 Å². The maximum Gasteiger partial charge on any atom is 0.229 e. The second kappa shape index (κ2) is 11.6. The maximum atomic E-state index is 12.9. The molecule has 9 nitrogen and oxygen atoms in total. The highest BCUT2D eigenvalue weighted by Crippen LogP contribution is 2.23. The quantitative estimate of drug-likeness (QED) is 0.480. The van der Waals surface area contributed by atoms with E-state index in [0.29, 0.717) is 44.1 Å². The van der Waals surface area contributed by atoms with Crippen LogP contribution in [-0.4, -0.2) is 79.0 Å². The summed E-state index contributed by atoms with van der Waals surface area (Å²) in [5, 5.41) is 3.34. The molecular weight excluding hydrogens is 480 g/mol. The van der Waals surface area contributed by atoms with E-state index < -0.39 is 0 Å². The fourth-order valence-corrected chi connectivity index (χ4v) is 4.80. The Morgan fingerprint density at radius 2 is 1.55 bits per heavy atom. The predicted molar refractivity (Wildman–Crippen MR) is 148 cm³/mol. The van der Waals surface area contributed by atoms with Gasteiger partial charge in [0, 0.05) is 68.0 Å². The van der Waals surface area contributed by atoms with Crippen molar-refractivity contribution in [2.24, 2.45) is 0 Å². The molecule has 0 spiro atoms. The van der Waals surface area contributed by atoms with Crippen molar-refractivity contribution in [3.63, 3.8) is 0 Å². The zero-order chi connectivity index (χ0) is 26.5. The molecule has 2 fully saturated rings. The van der Waals surface area contributed by atoms with Crippen LogP contribution in [0.2, 0.25) is 0 Å². The van der Waals surface area contributed by atoms with Gasteiger partial charge in [-0.3, -0.25) is 9.59 Å². The molecule has 2 aliphatic rings. The number of morpholine rings is 1. The molecule has 0 aliphatic carbocycles. The highest BCUT2D eigenvalue weighted by molar-refractivity contribution is 5.94. The Morgan fingerprint density at radius 1 is 0.868 bits per heavy atom. The van der Waals surface area contributed by atoms with E-state index in [0.717, 1.165) is 49.1 Å². The maximum absolute atomic E-state index is 12.9. The number of carbonyl (C=O) groups is 2. The Morgan fingerprint density at radius 3 is 2.21 bits per heavy atom. The van der Waals surface area contributed by atoms with E-state index in [1.807, 2.05) is 42.2 Å². The number of nitrogens with zero attached hydrogens (tertiary/aromatic N) is 5. The SMILES string of the molecule is CC(=O)c1ccc(CC(=O)N2CCN(c3cc(C)nc(Nc4ccc(N5CCOCC5)cc4)n3)CC2)cc1. The van der Waals surface area contributed by atoms with E-state index in [4.69, 9.17) is 9.72 Å². The minimum atomic E-state index is 0.0268. The number of hydrogen-bond acceptors (Lipinski definition) is 8. The number of benzene rings is 2. The van der Waals surface area contributed by atoms with Crippen LogP contribution in [0.25, 0.3) is 0 Å². The number of ketones is 1. The van der Waals surface area contributed by atoms with Crippen LogP contribution in [0.4, 0.5) is 23.1 Å². The number of nitrogens with one attached hydrogen (secondary N) is 1. The molecule has 198 valence electrons. The summed E-state index contributed by atoms with van der Waals surface area (Å²) in [7, 11) is 0. The van der Waals surface area contributed by atoms with E-state index in [9.17, 15) is 9.59 Å². The molecule has 38 heavy (non-hydrogen) atoms. The van der Waals surface area contributed by atoms with Crippen molar-refractivity contribution in [3.05, 3.63) is 71.4 Å². The van der Waals surface area contributed by atoms with Gasteiger partial charge in [0.25, 0.3) is 0 Å². The first-order valence-electron chi connectivity index (χ1n) is 13.1. The van der Waals surface area contributed by atoms with E-state index in [1.54, 1.807) is 19.1 Å². The summed E-state index contributed by atoms with van der Waals surface area (Å²) in [5.74, 6) is 1.55. The third-order valence-corrected chi connectivity index (χ3v) is 7.01. The second-order valence-electron chi connectivity index (χ2n) is 9.76. The monoisotopic (exact) mass is 514 g/mol. The average Bonchev–Trinajstić information content (AvgIpc) is 2.94. The Hall–Kier alpha value is -3.98. The predicted octanol–water partition coefficient (Wildman–Crippen LogP) is 3.46. The number of carbonyl (C=O) groups excluding carboxylic acids is 2. The third-order valence-electron chi connectivity index (χ3n) is 7.01. The highest BCUT2D eigenvalue weighted by Gasteiger charge is 2.23. The number of anilines is 4. The van der Waals surface area contributed by atoms with E-state index in [-0.39, 0.29) is 11.7 Å². The lowest BCUT2D eigenvalue weighted by atomic mass is 10.1. The smallest absolute Gasteiger partial charge is 0.229 e. The van der Waals surface area contributed by atoms with Crippen LogP contribution in [-0.2, 0) is 16.0 Å². The second-order valence-corrected chi connectivity index (χ2v) is 9.76. The molecule has 5 rings (SSSR count). The number of aryl methyl sites for hydroxylation is 1. The number of Topliss-reactive ketones (excluding diaryl/α,β-unsaturated/α-hetero) is 1. The molecule has 0 atom stereocenters. The molecule has 1 N–H and O–H groups in total. The molecule has 0 unspecified atom stereocenters. The summed E-state index contributed by atoms with van der Waals surface area (Å²) in [4.78, 5) is 40.1. The lowest BCUT2D eigenvalue weighted by Crippen LogP contribution is -2.49. The van der Waals surface area contributed by atoms with E-state index >= 15 is 0 Å². The van der Waals surface area contributed by atoms with Crippen molar-refractivity contribution >= 4 is 34.8 Å². The van der Waals surface area contributed by atoms with Crippen LogP contribution in [0.5, 0.6) is 0 Å². The fourth-order valence-electron chi connectivity index (χ4n) is 4.80. The van der Waals surface area contributed by atoms with Gasteiger partial charge in [-0.25, -0.2) is 4.98 Å². The third kappa shape index (κ3) is 6.28. The molecule has 1 aromatic heterocycles. The van der Waals surface area contributed by atoms with Crippen molar-refractivity contribution in [3.8, 4) is 0 Å². The van der Waals surface area contributed by atoms with Crippen LogP contribution in [0, 0.1) is 6.92 Å². The Kier molecular flexibility index (Phi) is 7.83. The van der Waals surface area contributed by atoms with Crippen LogP contribution in [0.1, 0.15) is 28.5 Å². The molecular formula is C29H34N6O3. The van der Waals surface area contributed by atoms with E-state index in [2.05, 4.69) is 32.2 Å². The molecule has 0 bridgehead atoms. The molecule has 0 saturated carbocycles. The topological polar surface area (TPSA) is 90.9 Å². The van der Waals surface area contributed by atoms with Crippen molar-refractivity contribution in [1.29, 1.82) is 0 Å². The highest BCUT2D eigenvalue weighted by atomic mass is 16.5. The normalized spacial score (nSPS) is 15.9. The summed E-state index contributed by atoms with van der Waals surface area (Å²) in [6, 6.07) is 17.6. The first-order valence-corrected chi connectivity index (χ1v) is 13.1. The molecule has 1 amide bonds. The van der Waals surface area contributed by atoms with Gasteiger partial charge in [-0.2, -0.15) is 4.98 Å². The summed E-state index contributed by atoms with van der Waals surface area (Å²) in [6.07, 6.45) is 0.337. The summed E-state index contributed by atoms with van der Waals surface area (Å²) < 4.78 is 5.44. The zero-order valence-corrected chi connectivity index (χ0v) is 22.0. The lowest BCUT2D eigenvalue weighted by Gasteiger charge is -2.35. The van der Waals surface area contributed by atoms with Gasteiger partial charge in [0.2, 0.25) is 11.9 Å². The standard InChI is InChI=1S/C29H34N6O3/c1-21-19-27(32-29(30-21)31-25-7-9-26(10-8-25)33-15-17-38-18-16-33)34-11-13-35(14-12-34)28(37)20-23-3-5-24(6-4-23)22(2)36/h3-10,19H,11-18,20H2,1-2H3,(H,30,31,32). The molecule has 9 heteroatoms. The summed E-state index contributed by atoms with van der Waals surface area (Å²) in [6.45, 7) is 9.54. The largest absolute Gasteiger partial charge is 0.378 e. The molecule has 3 heterocycles.